The first-order valence-corrected chi connectivity index (χ1v) is 8.03. The van der Waals surface area contributed by atoms with E-state index in [9.17, 15) is 4.79 Å². The Kier molecular flexibility index (Phi) is 4.41. The van der Waals surface area contributed by atoms with Crippen molar-refractivity contribution in [2.24, 2.45) is 5.73 Å². The highest BCUT2D eigenvalue weighted by Gasteiger charge is 2.20. The average molecular weight is 345 g/mol. The van der Waals surface area contributed by atoms with Crippen LogP contribution in [0, 0.1) is 6.92 Å². The lowest BCUT2D eigenvalue weighted by Crippen LogP contribution is -2.12. The number of benzene rings is 2. The summed E-state index contributed by atoms with van der Waals surface area (Å²) < 4.78 is 5.75. The van der Waals surface area contributed by atoms with Gasteiger partial charge in [0.1, 0.15) is 0 Å². The maximum atomic E-state index is 11.6. The highest BCUT2D eigenvalue weighted by molar-refractivity contribution is 7.99. The van der Waals surface area contributed by atoms with Gasteiger partial charge < -0.3 is 10.2 Å². The molecule has 1 aromatic heterocycles. The zero-order chi connectivity index (χ0) is 16.4. The number of carbonyl (C=O) groups excluding carboxylic acids is 1. The number of aromatic nitrogens is 1. The van der Waals surface area contributed by atoms with Gasteiger partial charge in [0.2, 0.25) is 5.89 Å². The van der Waals surface area contributed by atoms with Crippen LogP contribution in [0.4, 0.5) is 0 Å². The van der Waals surface area contributed by atoms with Crippen molar-refractivity contribution in [1.29, 1.82) is 0 Å². The van der Waals surface area contributed by atoms with Crippen LogP contribution in [0.25, 0.3) is 11.5 Å². The number of nitrogens with two attached hydrogens (primary N) is 1. The second kappa shape index (κ2) is 6.48. The molecule has 3 aromatic rings. The predicted molar refractivity (Wildman–Crippen MR) is 90.8 cm³/mol. The fourth-order valence-electron chi connectivity index (χ4n) is 1.96. The SMILES string of the molecule is Cc1ccc(-c2nc(C(N)=O)c(Sc3ccc(Cl)cc3)o2)cc1. The van der Waals surface area contributed by atoms with E-state index in [0.29, 0.717) is 16.0 Å². The van der Waals surface area contributed by atoms with Gasteiger partial charge in [-0.3, -0.25) is 4.79 Å². The van der Waals surface area contributed by atoms with Gasteiger partial charge >= 0.3 is 0 Å². The van der Waals surface area contributed by atoms with Crippen LogP contribution in [-0.4, -0.2) is 10.9 Å². The van der Waals surface area contributed by atoms with Gasteiger partial charge in [0.05, 0.1) is 0 Å². The van der Waals surface area contributed by atoms with E-state index in [1.165, 1.54) is 11.8 Å². The lowest BCUT2D eigenvalue weighted by Gasteiger charge is -1.99. The Labute approximate surface area is 142 Å². The standard InChI is InChI=1S/C17H13ClN2O2S/c1-10-2-4-11(5-3-10)16-20-14(15(19)21)17(22-16)23-13-8-6-12(18)7-9-13/h2-9H,1H3,(H2,19,21). The highest BCUT2D eigenvalue weighted by Crippen LogP contribution is 2.34. The molecule has 23 heavy (non-hydrogen) atoms. The number of hydrogen-bond acceptors (Lipinski definition) is 4. The number of primary amides is 1. The van der Waals surface area contributed by atoms with Gasteiger partial charge in [0.15, 0.2) is 10.8 Å². The quantitative estimate of drug-likeness (QED) is 0.753. The second-order valence-electron chi connectivity index (χ2n) is 4.94. The number of carbonyl (C=O) groups is 1. The van der Waals surface area contributed by atoms with E-state index >= 15 is 0 Å². The van der Waals surface area contributed by atoms with Crippen molar-refractivity contribution in [3.8, 4) is 11.5 Å². The van der Waals surface area contributed by atoms with Gasteiger partial charge in [-0.15, -0.1) is 0 Å². The number of rotatable bonds is 4. The van der Waals surface area contributed by atoms with Crippen LogP contribution in [0.15, 0.2) is 62.9 Å². The van der Waals surface area contributed by atoms with Gasteiger partial charge in [-0.25, -0.2) is 4.98 Å². The number of nitrogens with zero attached hydrogens (tertiary/aromatic N) is 1. The minimum atomic E-state index is -0.622. The van der Waals surface area contributed by atoms with Gasteiger partial charge in [-0.1, -0.05) is 29.3 Å². The lowest BCUT2D eigenvalue weighted by molar-refractivity contribution is 0.0991. The molecule has 0 saturated heterocycles. The van der Waals surface area contributed by atoms with Gasteiger partial charge in [-0.05, 0) is 55.1 Å². The van der Waals surface area contributed by atoms with Crippen molar-refractivity contribution < 1.29 is 9.21 Å². The van der Waals surface area contributed by atoms with Crippen molar-refractivity contribution in [1.82, 2.24) is 4.98 Å². The third-order valence-electron chi connectivity index (χ3n) is 3.15. The Bertz CT molecular complexity index is 842. The molecule has 0 radical (unpaired) electrons. The molecular formula is C17H13ClN2O2S. The Hall–Kier alpha value is -2.24. The normalized spacial score (nSPS) is 10.7. The zero-order valence-electron chi connectivity index (χ0n) is 12.2. The smallest absolute Gasteiger partial charge is 0.271 e. The van der Waals surface area contributed by atoms with Crippen molar-refractivity contribution in [2.75, 3.05) is 0 Å². The molecule has 3 rings (SSSR count). The van der Waals surface area contributed by atoms with Crippen molar-refractivity contribution >= 4 is 29.3 Å². The summed E-state index contributed by atoms with van der Waals surface area (Å²) in [6, 6.07) is 14.9. The maximum Gasteiger partial charge on any atom is 0.271 e. The third-order valence-corrected chi connectivity index (χ3v) is 4.37. The summed E-state index contributed by atoms with van der Waals surface area (Å²) >= 11 is 7.16. The second-order valence-corrected chi connectivity index (χ2v) is 6.42. The fraction of sp³-hybridized carbons (Fsp3) is 0.0588. The Morgan fingerprint density at radius 1 is 1.13 bits per heavy atom. The summed E-state index contributed by atoms with van der Waals surface area (Å²) in [5, 5.41) is 1.01. The number of amides is 1. The molecule has 6 heteroatoms. The largest absolute Gasteiger partial charge is 0.429 e. The van der Waals surface area contributed by atoms with Crippen LogP contribution in [0.1, 0.15) is 16.1 Å². The van der Waals surface area contributed by atoms with Crippen LogP contribution in [0.2, 0.25) is 5.02 Å². The Morgan fingerprint density at radius 2 is 1.78 bits per heavy atom. The van der Waals surface area contributed by atoms with Crippen molar-refractivity contribution in [2.45, 2.75) is 16.9 Å². The monoisotopic (exact) mass is 344 g/mol. The molecule has 0 unspecified atom stereocenters. The molecule has 0 spiro atoms. The number of hydrogen-bond donors (Lipinski definition) is 1. The summed E-state index contributed by atoms with van der Waals surface area (Å²) in [6.45, 7) is 2.00. The summed E-state index contributed by atoms with van der Waals surface area (Å²) in [5.41, 5.74) is 7.46. The van der Waals surface area contributed by atoms with Crippen molar-refractivity contribution in [3.63, 3.8) is 0 Å². The van der Waals surface area contributed by atoms with Gasteiger partial charge in [0.25, 0.3) is 5.91 Å². The first-order valence-electron chi connectivity index (χ1n) is 6.84. The molecule has 0 bridgehead atoms. The highest BCUT2D eigenvalue weighted by atomic mass is 35.5. The predicted octanol–water partition coefficient (Wildman–Crippen LogP) is 4.55. The molecule has 0 aliphatic carbocycles. The topological polar surface area (TPSA) is 69.1 Å². The Balaban J connectivity index is 1.97. The van der Waals surface area contributed by atoms with E-state index in [1.54, 1.807) is 12.1 Å². The first kappa shape index (κ1) is 15.6. The van der Waals surface area contributed by atoms with E-state index in [-0.39, 0.29) is 5.69 Å². The third kappa shape index (κ3) is 3.57. The molecule has 4 nitrogen and oxygen atoms in total. The van der Waals surface area contributed by atoms with E-state index in [1.807, 2.05) is 43.3 Å². The minimum Gasteiger partial charge on any atom is -0.429 e. The molecule has 0 aliphatic rings. The Morgan fingerprint density at radius 3 is 2.39 bits per heavy atom. The molecule has 1 heterocycles. The number of aryl methyl sites for hydroxylation is 1. The summed E-state index contributed by atoms with van der Waals surface area (Å²) in [6.07, 6.45) is 0. The van der Waals surface area contributed by atoms with E-state index < -0.39 is 5.91 Å². The average Bonchev–Trinajstić information content (AvgIpc) is 2.94. The molecule has 2 aromatic carbocycles. The molecule has 116 valence electrons. The van der Waals surface area contributed by atoms with Gasteiger partial charge in [0, 0.05) is 15.5 Å². The summed E-state index contributed by atoms with van der Waals surface area (Å²) in [4.78, 5) is 16.7. The molecule has 0 fully saturated rings. The maximum absolute atomic E-state index is 11.6. The van der Waals surface area contributed by atoms with Crippen LogP contribution >= 0.6 is 23.4 Å². The molecule has 0 atom stereocenters. The van der Waals surface area contributed by atoms with Gasteiger partial charge in [-0.2, -0.15) is 0 Å². The number of halogens is 1. The lowest BCUT2D eigenvalue weighted by atomic mass is 10.1. The van der Waals surface area contributed by atoms with Crippen LogP contribution in [0.5, 0.6) is 0 Å². The molecule has 0 aliphatic heterocycles. The van der Waals surface area contributed by atoms with E-state index in [4.69, 9.17) is 21.8 Å². The molecule has 2 N–H and O–H groups in total. The van der Waals surface area contributed by atoms with E-state index in [2.05, 4.69) is 4.98 Å². The zero-order valence-corrected chi connectivity index (χ0v) is 13.8. The minimum absolute atomic E-state index is 0.125. The number of oxazole rings is 1. The van der Waals surface area contributed by atoms with E-state index in [0.717, 1.165) is 16.0 Å². The molecule has 0 saturated carbocycles. The fourth-order valence-corrected chi connectivity index (χ4v) is 2.94. The molecule has 1 amide bonds. The molecular weight excluding hydrogens is 332 g/mol. The van der Waals surface area contributed by atoms with Crippen LogP contribution in [-0.2, 0) is 0 Å². The van der Waals surface area contributed by atoms with Crippen LogP contribution in [0.3, 0.4) is 0 Å². The summed E-state index contributed by atoms with van der Waals surface area (Å²) in [5.74, 6) is -0.251. The van der Waals surface area contributed by atoms with Crippen LogP contribution < -0.4 is 5.73 Å². The van der Waals surface area contributed by atoms with Crippen molar-refractivity contribution in [3.05, 3.63) is 64.8 Å². The first-order chi connectivity index (χ1) is 11.0. The summed E-state index contributed by atoms with van der Waals surface area (Å²) in [7, 11) is 0.